The van der Waals surface area contributed by atoms with E-state index in [9.17, 15) is 19.7 Å². The van der Waals surface area contributed by atoms with Crippen LogP contribution in [0.25, 0.3) is 0 Å². The van der Waals surface area contributed by atoms with Gasteiger partial charge in [-0.15, -0.1) is 0 Å². The van der Waals surface area contributed by atoms with Crippen molar-refractivity contribution in [1.82, 2.24) is 4.98 Å². The highest BCUT2D eigenvalue weighted by atomic mass is 32.2. The van der Waals surface area contributed by atoms with Crippen LogP contribution in [0.4, 0.5) is 4.39 Å². The average Bonchev–Trinajstić information content (AvgIpc) is 3.11. The molecule has 1 aromatic carbocycles. The molecule has 0 saturated carbocycles. The van der Waals surface area contributed by atoms with E-state index in [2.05, 4.69) is 6.07 Å². The molecule has 36 heavy (non-hydrogen) atoms. The maximum Gasteiger partial charge on any atom is 0.338 e. The van der Waals surface area contributed by atoms with Gasteiger partial charge in [0.15, 0.2) is 0 Å². The number of ether oxygens (including phenoxy) is 2. The zero-order valence-corrected chi connectivity index (χ0v) is 20.7. The molecule has 9 heteroatoms. The van der Waals surface area contributed by atoms with E-state index in [0.717, 1.165) is 43.4 Å². The number of hydrogen-bond acceptors (Lipinski definition) is 8. The van der Waals surface area contributed by atoms with Gasteiger partial charge in [0.1, 0.15) is 34.3 Å². The Kier molecular flexibility index (Phi) is 7.92. The molecule has 1 atom stereocenters. The Morgan fingerprint density at radius 1 is 1.22 bits per heavy atom. The number of nitriles is 2. The summed E-state index contributed by atoms with van der Waals surface area (Å²) in [6, 6.07) is 11.7. The van der Waals surface area contributed by atoms with E-state index in [1.54, 1.807) is 6.92 Å². The Balaban J connectivity index is 1.75. The predicted molar refractivity (Wildman–Crippen MR) is 132 cm³/mol. The van der Waals surface area contributed by atoms with Gasteiger partial charge in [-0.1, -0.05) is 30.3 Å². The molecule has 0 amide bonds. The number of nitrogens with zero attached hydrogens (tertiary/aromatic N) is 3. The first kappa shape index (κ1) is 25.3. The fraction of sp³-hybridized carbons (Fsp3) is 0.333. The number of nitrogens with two attached hydrogens (primary N) is 1. The first-order chi connectivity index (χ1) is 17.5. The quantitative estimate of drug-likeness (QED) is 0.339. The molecule has 7 nitrogen and oxygen atoms in total. The van der Waals surface area contributed by atoms with E-state index in [1.807, 2.05) is 12.1 Å². The number of carbonyl (C=O) groups is 1. The molecule has 2 heterocycles. The van der Waals surface area contributed by atoms with Crippen LogP contribution >= 0.6 is 11.8 Å². The third kappa shape index (κ3) is 5.22. The van der Waals surface area contributed by atoms with E-state index in [-0.39, 0.29) is 35.1 Å². The summed E-state index contributed by atoms with van der Waals surface area (Å²) in [4.78, 5) is 17.9. The van der Waals surface area contributed by atoms with Gasteiger partial charge in [-0.05, 0) is 61.9 Å². The predicted octanol–water partition coefficient (Wildman–Crippen LogP) is 4.78. The Hall–Kier alpha value is -3.82. The SMILES string of the molecule is CCOC(=O)C1=C(CSc2nc3c(cc2C#N)CCCCC3)OC(N)=C(C#N)C1c1ccc(F)cc1. The van der Waals surface area contributed by atoms with E-state index in [0.29, 0.717) is 16.2 Å². The summed E-state index contributed by atoms with van der Waals surface area (Å²) in [7, 11) is 0. The highest BCUT2D eigenvalue weighted by molar-refractivity contribution is 7.99. The van der Waals surface area contributed by atoms with Gasteiger partial charge in [0.25, 0.3) is 0 Å². The summed E-state index contributed by atoms with van der Waals surface area (Å²) in [6.45, 7) is 1.79. The molecule has 2 aliphatic rings. The number of hydrogen-bond donors (Lipinski definition) is 1. The van der Waals surface area contributed by atoms with Crippen LogP contribution in [-0.2, 0) is 27.1 Å². The van der Waals surface area contributed by atoms with Crippen LogP contribution in [0.5, 0.6) is 0 Å². The van der Waals surface area contributed by atoms with Crippen molar-refractivity contribution in [2.24, 2.45) is 5.73 Å². The van der Waals surface area contributed by atoms with E-state index in [1.165, 1.54) is 36.0 Å². The van der Waals surface area contributed by atoms with Crippen molar-refractivity contribution in [3.8, 4) is 12.1 Å². The van der Waals surface area contributed by atoms with Crippen molar-refractivity contribution in [1.29, 1.82) is 10.5 Å². The molecule has 184 valence electrons. The van der Waals surface area contributed by atoms with E-state index < -0.39 is 17.7 Å². The van der Waals surface area contributed by atoms with Gasteiger partial charge < -0.3 is 15.2 Å². The number of esters is 1. The fourth-order valence-corrected chi connectivity index (χ4v) is 5.38. The van der Waals surface area contributed by atoms with Crippen LogP contribution in [0.15, 0.2) is 58.1 Å². The van der Waals surface area contributed by atoms with Gasteiger partial charge in [-0.3, -0.25) is 0 Å². The van der Waals surface area contributed by atoms with Gasteiger partial charge in [0, 0.05) is 5.69 Å². The molecular formula is C27H25FN4O3S. The lowest BCUT2D eigenvalue weighted by atomic mass is 9.83. The van der Waals surface area contributed by atoms with Crippen LogP contribution in [0.1, 0.15) is 54.5 Å². The van der Waals surface area contributed by atoms with Gasteiger partial charge >= 0.3 is 5.97 Å². The number of benzene rings is 1. The number of rotatable bonds is 6. The Morgan fingerprint density at radius 3 is 2.67 bits per heavy atom. The number of fused-ring (bicyclic) bond motifs is 1. The van der Waals surface area contributed by atoms with E-state index in [4.69, 9.17) is 20.2 Å². The third-order valence-corrected chi connectivity index (χ3v) is 7.16. The van der Waals surface area contributed by atoms with Crippen molar-refractivity contribution in [3.63, 3.8) is 0 Å². The minimum absolute atomic E-state index is 0.0410. The van der Waals surface area contributed by atoms with Crippen molar-refractivity contribution in [3.05, 3.63) is 81.3 Å². The molecule has 1 unspecified atom stereocenters. The minimum Gasteiger partial charge on any atom is -0.463 e. The third-order valence-electron chi connectivity index (χ3n) is 6.17. The first-order valence-corrected chi connectivity index (χ1v) is 12.7. The Bertz CT molecular complexity index is 1320. The van der Waals surface area contributed by atoms with Gasteiger partial charge in [0.05, 0.1) is 29.4 Å². The zero-order valence-electron chi connectivity index (χ0n) is 19.8. The van der Waals surface area contributed by atoms with Crippen LogP contribution in [0.3, 0.4) is 0 Å². The maximum absolute atomic E-state index is 13.6. The standard InChI is InChI=1S/C27H25FN4O3S/c1-2-34-27(33)24-22(35-25(31)20(14-30)23(24)16-8-10-19(28)11-9-16)15-36-26-18(13-29)12-17-6-4-3-5-7-21(17)32-26/h8-12,23H,2-7,15,31H2,1H3. The summed E-state index contributed by atoms with van der Waals surface area (Å²) in [6.07, 6.45) is 5.01. The molecule has 2 N–H and O–H groups in total. The lowest BCUT2D eigenvalue weighted by Crippen LogP contribution is -2.27. The molecule has 0 fully saturated rings. The summed E-state index contributed by atoms with van der Waals surface area (Å²) in [5.74, 6) is -1.77. The Labute approximate surface area is 213 Å². The van der Waals surface area contributed by atoms with Crippen LogP contribution < -0.4 is 5.73 Å². The highest BCUT2D eigenvalue weighted by Gasteiger charge is 2.37. The van der Waals surface area contributed by atoms with Crippen LogP contribution in [0, 0.1) is 28.5 Å². The first-order valence-electron chi connectivity index (χ1n) is 11.8. The second kappa shape index (κ2) is 11.3. The zero-order chi connectivity index (χ0) is 25.7. The lowest BCUT2D eigenvalue weighted by molar-refractivity contribution is -0.139. The number of carbonyl (C=O) groups excluding carboxylic acids is 1. The molecule has 4 rings (SSSR count). The molecule has 0 saturated heterocycles. The second-order valence-corrected chi connectivity index (χ2v) is 9.41. The smallest absolute Gasteiger partial charge is 0.338 e. The van der Waals surface area contributed by atoms with Gasteiger partial charge in [0.2, 0.25) is 5.88 Å². The molecule has 0 radical (unpaired) electrons. The number of halogens is 1. The normalized spacial score (nSPS) is 17.4. The van der Waals surface area contributed by atoms with E-state index >= 15 is 0 Å². The number of thioether (sulfide) groups is 1. The summed E-state index contributed by atoms with van der Waals surface area (Å²) >= 11 is 1.26. The summed E-state index contributed by atoms with van der Waals surface area (Å²) in [5.41, 5.74) is 9.34. The molecule has 0 bridgehead atoms. The van der Waals surface area contributed by atoms with Crippen molar-refractivity contribution in [2.75, 3.05) is 12.4 Å². The minimum atomic E-state index is -0.880. The summed E-state index contributed by atoms with van der Waals surface area (Å²) < 4.78 is 24.7. The molecule has 1 aliphatic heterocycles. The van der Waals surface area contributed by atoms with Gasteiger partial charge in [-0.2, -0.15) is 10.5 Å². The van der Waals surface area contributed by atoms with Crippen LogP contribution in [-0.4, -0.2) is 23.3 Å². The second-order valence-electron chi connectivity index (χ2n) is 8.44. The average molecular weight is 505 g/mol. The lowest BCUT2D eigenvalue weighted by Gasteiger charge is -2.28. The monoisotopic (exact) mass is 504 g/mol. The Morgan fingerprint density at radius 2 is 1.97 bits per heavy atom. The molecule has 0 spiro atoms. The van der Waals surface area contributed by atoms with Gasteiger partial charge in [-0.25, -0.2) is 14.2 Å². The molecule has 1 aliphatic carbocycles. The molecule has 1 aromatic heterocycles. The van der Waals surface area contributed by atoms with Crippen LogP contribution in [0.2, 0.25) is 0 Å². The number of aryl methyl sites for hydroxylation is 2. The van der Waals surface area contributed by atoms with Crippen molar-refractivity contribution >= 4 is 17.7 Å². The summed E-state index contributed by atoms with van der Waals surface area (Å²) in [5, 5.41) is 20.1. The number of aromatic nitrogens is 1. The number of pyridine rings is 1. The fourth-order valence-electron chi connectivity index (χ4n) is 4.46. The largest absolute Gasteiger partial charge is 0.463 e. The highest BCUT2D eigenvalue weighted by Crippen LogP contribution is 2.41. The maximum atomic E-state index is 13.6. The molecule has 2 aromatic rings. The number of allylic oxidation sites excluding steroid dienone is 1. The van der Waals surface area contributed by atoms with Crippen molar-refractivity contribution in [2.45, 2.75) is 50.0 Å². The topological polar surface area (TPSA) is 122 Å². The molecular weight excluding hydrogens is 479 g/mol. The van der Waals surface area contributed by atoms with Crippen molar-refractivity contribution < 1.29 is 18.7 Å².